The van der Waals surface area contributed by atoms with Crippen LogP contribution in [-0.2, 0) is 11.2 Å². The number of benzene rings is 1. The van der Waals surface area contributed by atoms with E-state index in [0.29, 0.717) is 6.42 Å². The van der Waals surface area contributed by atoms with Crippen molar-refractivity contribution in [2.75, 3.05) is 14.1 Å². The SMILES string of the molecule is CN(C)N1C(=O)OC(C)(Cc2ccccc2)C1(C)O. The van der Waals surface area contributed by atoms with Gasteiger partial charge in [-0.25, -0.2) is 14.8 Å². The summed E-state index contributed by atoms with van der Waals surface area (Å²) in [4.78, 5) is 11.9. The zero-order valence-electron chi connectivity index (χ0n) is 11.8. The molecule has 2 rings (SSSR count). The minimum Gasteiger partial charge on any atom is -0.437 e. The monoisotopic (exact) mass is 264 g/mol. The standard InChI is InChI=1S/C14H20N2O3/c1-13(10-11-8-6-5-7-9-11)14(2,18)16(15(3)4)12(17)19-13/h5-9,18H,10H2,1-4H3. The van der Waals surface area contributed by atoms with E-state index >= 15 is 0 Å². The molecule has 104 valence electrons. The van der Waals surface area contributed by atoms with Crippen LogP contribution in [0.25, 0.3) is 0 Å². The number of aliphatic hydroxyl groups is 1. The Kier molecular flexibility index (Phi) is 3.28. The highest BCUT2D eigenvalue weighted by Crippen LogP contribution is 2.40. The van der Waals surface area contributed by atoms with Crippen molar-refractivity contribution < 1.29 is 14.6 Å². The van der Waals surface area contributed by atoms with Crippen molar-refractivity contribution in [2.45, 2.75) is 31.6 Å². The van der Waals surface area contributed by atoms with Gasteiger partial charge in [0, 0.05) is 20.5 Å². The van der Waals surface area contributed by atoms with E-state index in [4.69, 9.17) is 4.74 Å². The van der Waals surface area contributed by atoms with E-state index in [0.717, 1.165) is 5.56 Å². The molecule has 2 unspecified atom stereocenters. The summed E-state index contributed by atoms with van der Waals surface area (Å²) < 4.78 is 5.44. The van der Waals surface area contributed by atoms with Crippen LogP contribution in [0, 0.1) is 0 Å². The van der Waals surface area contributed by atoms with Crippen LogP contribution in [0.4, 0.5) is 4.79 Å². The van der Waals surface area contributed by atoms with Crippen molar-refractivity contribution in [1.82, 2.24) is 10.0 Å². The van der Waals surface area contributed by atoms with Crippen LogP contribution in [0.1, 0.15) is 19.4 Å². The molecule has 1 amide bonds. The van der Waals surface area contributed by atoms with Gasteiger partial charge in [0.15, 0.2) is 11.3 Å². The Hall–Kier alpha value is -1.59. The van der Waals surface area contributed by atoms with Crippen LogP contribution >= 0.6 is 0 Å². The molecule has 0 spiro atoms. The van der Waals surface area contributed by atoms with Crippen LogP contribution in [0.3, 0.4) is 0 Å². The average Bonchev–Trinajstić information content (AvgIpc) is 2.45. The van der Waals surface area contributed by atoms with E-state index in [1.54, 1.807) is 33.0 Å². The van der Waals surface area contributed by atoms with Gasteiger partial charge in [0.1, 0.15) is 0 Å². The maximum Gasteiger partial charge on any atom is 0.427 e. The second-order valence-corrected chi connectivity index (χ2v) is 5.44. The second-order valence-electron chi connectivity index (χ2n) is 5.44. The molecule has 1 aliphatic rings. The van der Waals surface area contributed by atoms with Gasteiger partial charge in [-0.3, -0.25) is 0 Å². The highest BCUT2D eigenvalue weighted by atomic mass is 16.6. The van der Waals surface area contributed by atoms with E-state index in [2.05, 4.69) is 0 Å². The number of carbonyl (C=O) groups excluding carboxylic acids is 1. The summed E-state index contributed by atoms with van der Waals surface area (Å²) in [6.07, 6.45) is -0.0786. The summed E-state index contributed by atoms with van der Waals surface area (Å²) in [5.74, 6) is 0. The van der Waals surface area contributed by atoms with Gasteiger partial charge in [-0.2, -0.15) is 0 Å². The van der Waals surface area contributed by atoms with Gasteiger partial charge in [0.05, 0.1) is 0 Å². The molecule has 0 saturated carbocycles. The van der Waals surface area contributed by atoms with E-state index in [1.165, 1.54) is 5.01 Å². The van der Waals surface area contributed by atoms with Gasteiger partial charge < -0.3 is 9.84 Å². The number of hydrazine groups is 1. The normalized spacial score (nSPS) is 30.8. The van der Waals surface area contributed by atoms with Gasteiger partial charge in [-0.15, -0.1) is 0 Å². The molecular weight excluding hydrogens is 244 g/mol. The Labute approximate surface area is 113 Å². The Morgan fingerprint density at radius 1 is 1.26 bits per heavy atom. The number of hydrogen-bond acceptors (Lipinski definition) is 4. The lowest BCUT2D eigenvalue weighted by molar-refractivity contribution is -0.182. The minimum atomic E-state index is -1.40. The van der Waals surface area contributed by atoms with Crippen LogP contribution in [0.15, 0.2) is 30.3 Å². The van der Waals surface area contributed by atoms with Gasteiger partial charge in [-0.1, -0.05) is 30.3 Å². The summed E-state index contributed by atoms with van der Waals surface area (Å²) in [6, 6.07) is 9.68. The smallest absolute Gasteiger partial charge is 0.427 e. The molecule has 0 bridgehead atoms. The molecule has 1 saturated heterocycles. The van der Waals surface area contributed by atoms with Crippen molar-refractivity contribution in [3.05, 3.63) is 35.9 Å². The number of ether oxygens (including phenoxy) is 1. The topological polar surface area (TPSA) is 53.0 Å². The number of rotatable bonds is 3. The molecule has 1 N–H and O–H groups in total. The molecule has 5 heteroatoms. The molecule has 1 aromatic rings. The molecule has 1 aromatic carbocycles. The third kappa shape index (κ3) is 2.19. The summed E-state index contributed by atoms with van der Waals surface area (Å²) in [7, 11) is 3.40. The number of carbonyl (C=O) groups is 1. The Bertz CT molecular complexity index is 473. The van der Waals surface area contributed by atoms with Gasteiger partial charge in [0.2, 0.25) is 0 Å². The third-order valence-corrected chi connectivity index (χ3v) is 3.68. The largest absolute Gasteiger partial charge is 0.437 e. The average molecular weight is 264 g/mol. The highest BCUT2D eigenvalue weighted by Gasteiger charge is 2.60. The van der Waals surface area contributed by atoms with Crippen LogP contribution in [0.2, 0.25) is 0 Å². The zero-order chi connectivity index (χ0) is 14.3. The van der Waals surface area contributed by atoms with Crippen molar-refractivity contribution >= 4 is 6.09 Å². The molecule has 1 heterocycles. The quantitative estimate of drug-likeness (QED) is 0.901. The fraction of sp³-hybridized carbons (Fsp3) is 0.500. The van der Waals surface area contributed by atoms with E-state index < -0.39 is 17.4 Å². The van der Waals surface area contributed by atoms with Crippen LogP contribution in [-0.4, -0.2) is 46.6 Å². The molecule has 0 radical (unpaired) electrons. The lowest BCUT2D eigenvalue weighted by atomic mass is 9.87. The molecule has 1 fully saturated rings. The highest BCUT2D eigenvalue weighted by molar-refractivity contribution is 5.71. The molecule has 19 heavy (non-hydrogen) atoms. The number of amides is 1. The molecule has 2 atom stereocenters. The molecular formula is C14H20N2O3. The zero-order valence-corrected chi connectivity index (χ0v) is 11.8. The molecule has 1 aliphatic heterocycles. The van der Waals surface area contributed by atoms with Crippen molar-refractivity contribution in [1.29, 1.82) is 0 Å². The third-order valence-electron chi connectivity index (χ3n) is 3.68. The fourth-order valence-corrected chi connectivity index (χ4v) is 2.48. The van der Waals surface area contributed by atoms with Crippen molar-refractivity contribution in [2.24, 2.45) is 0 Å². The summed E-state index contributed by atoms with van der Waals surface area (Å²) in [5.41, 5.74) is -1.38. The second kappa shape index (κ2) is 4.51. The maximum atomic E-state index is 11.9. The van der Waals surface area contributed by atoms with Crippen LogP contribution < -0.4 is 0 Å². The maximum absolute atomic E-state index is 11.9. The van der Waals surface area contributed by atoms with Gasteiger partial charge in [0.25, 0.3) is 0 Å². The lowest BCUT2D eigenvalue weighted by Gasteiger charge is -2.39. The summed E-state index contributed by atoms with van der Waals surface area (Å²) in [6.45, 7) is 3.35. The Morgan fingerprint density at radius 2 is 1.84 bits per heavy atom. The number of hydrogen-bond donors (Lipinski definition) is 1. The summed E-state index contributed by atoms with van der Waals surface area (Å²) in [5, 5.41) is 13.5. The Morgan fingerprint density at radius 3 is 2.32 bits per heavy atom. The summed E-state index contributed by atoms with van der Waals surface area (Å²) >= 11 is 0. The van der Waals surface area contributed by atoms with E-state index in [1.807, 2.05) is 30.3 Å². The van der Waals surface area contributed by atoms with Crippen LogP contribution in [0.5, 0.6) is 0 Å². The predicted octanol–water partition coefficient (Wildman–Crippen LogP) is 1.63. The van der Waals surface area contributed by atoms with Crippen molar-refractivity contribution in [3.63, 3.8) is 0 Å². The van der Waals surface area contributed by atoms with Gasteiger partial charge >= 0.3 is 6.09 Å². The first-order valence-corrected chi connectivity index (χ1v) is 6.25. The first-order valence-electron chi connectivity index (χ1n) is 6.25. The number of cyclic esters (lactones) is 1. The fourth-order valence-electron chi connectivity index (χ4n) is 2.48. The molecule has 0 aromatic heterocycles. The molecule has 0 aliphatic carbocycles. The first kappa shape index (κ1) is 13.8. The first-order chi connectivity index (χ1) is 8.78. The van der Waals surface area contributed by atoms with E-state index in [-0.39, 0.29) is 0 Å². The predicted molar refractivity (Wildman–Crippen MR) is 71.2 cm³/mol. The van der Waals surface area contributed by atoms with Gasteiger partial charge in [-0.05, 0) is 19.4 Å². The Balaban J connectivity index is 2.31. The lowest BCUT2D eigenvalue weighted by Crippen LogP contribution is -2.59. The van der Waals surface area contributed by atoms with Crippen molar-refractivity contribution in [3.8, 4) is 0 Å². The minimum absolute atomic E-state index is 0.455. The number of nitrogens with zero attached hydrogens (tertiary/aromatic N) is 2. The van der Waals surface area contributed by atoms with E-state index in [9.17, 15) is 9.90 Å². The molecule has 5 nitrogen and oxygen atoms in total.